The van der Waals surface area contributed by atoms with Crippen LogP contribution in [0.2, 0.25) is 0 Å². The van der Waals surface area contributed by atoms with Gasteiger partial charge in [-0.1, -0.05) is 19.1 Å². The van der Waals surface area contributed by atoms with Crippen LogP contribution in [0.25, 0.3) is 0 Å². The number of carbonyl (C=O) groups is 2. The van der Waals surface area contributed by atoms with Crippen molar-refractivity contribution in [3.8, 4) is 0 Å². The molecular formula is C15H20N2O2. The lowest BCUT2D eigenvalue weighted by molar-refractivity contribution is 0.0632. The first kappa shape index (κ1) is 13.7. The summed E-state index contributed by atoms with van der Waals surface area (Å²) in [6, 6.07) is 3.81. The lowest BCUT2D eigenvalue weighted by Gasteiger charge is -2.19. The van der Waals surface area contributed by atoms with E-state index in [0.29, 0.717) is 17.7 Å². The van der Waals surface area contributed by atoms with Gasteiger partial charge in [-0.3, -0.25) is 14.5 Å². The van der Waals surface area contributed by atoms with Crippen LogP contribution in [0.5, 0.6) is 0 Å². The molecule has 2 rings (SSSR count). The van der Waals surface area contributed by atoms with Gasteiger partial charge in [-0.2, -0.15) is 0 Å². The Labute approximate surface area is 113 Å². The third-order valence-electron chi connectivity index (χ3n) is 3.59. The van der Waals surface area contributed by atoms with Gasteiger partial charge in [0.2, 0.25) is 0 Å². The molecule has 1 aliphatic heterocycles. The number of rotatable bonds is 4. The number of carbonyl (C=O) groups excluding carboxylic acids is 2. The molecule has 0 saturated carbocycles. The maximum Gasteiger partial charge on any atom is 0.261 e. The van der Waals surface area contributed by atoms with E-state index in [2.05, 4.69) is 5.32 Å². The normalized spacial score (nSPS) is 15.9. The topological polar surface area (TPSA) is 49.4 Å². The van der Waals surface area contributed by atoms with Crippen molar-refractivity contribution in [2.45, 2.75) is 20.8 Å². The predicted octanol–water partition coefficient (Wildman–Crippen LogP) is 1.75. The van der Waals surface area contributed by atoms with E-state index < -0.39 is 0 Å². The Kier molecular flexibility index (Phi) is 3.71. The fourth-order valence-electron chi connectivity index (χ4n) is 2.61. The fourth-order valence-corrected chi connectivity index (χ4v) is 2.61. The Bertz CT molecular complexity index is 496. The molecule has 4 nitrogen and oxygen atoms in total. The highest BCUT2D eigenvalue weighted by molar-refractivity contribution is 6.22. The van der Waals surface area contributed by atoms with Crippen LogP contribution < -0.4 is 5.32 Å². The number of benzene rings is 1. The number of aryl methyl sites for hydroxylation is 2. The minimum Gasteiger partial charge on any atom is -0.319 e. The minimum absolute atomic E-state index is 0.149. The monoisotopic (exact) mass is 260 g/mol. The van der Waals surface area contributed by atoms with Gasteiger partial charge in [0.05, 0.1) is 11.1 Å². The van der Waals surface area contributed by atoms with E-state index in [1.54, 1.807) is 0 Å². The van der Waals surface area contributed by atoms with E-state index in [-0.39, 0.29) is 17.7 Å². The summed E-state index contributed by atoms with van der Waals surface area (Å²) in [6.45, 7) is 7.03. The van der Waals surface area contributed by atoms with Crippen LogP contribution in [0.1, 0.15) is 38.8 Å². The SMILES string of the molecule is CNCC(C)CN1C(=O)c2c(C)ccc(C)c2C1=O. The van der Waals surface area contributed by atoms with E-state index in [0.717, 1.165) is 17.7 Å². The molecule has 1 N–H and O–H groups in total. The Morgan fingerprint density at radius 3 is 2.00 bits per heavy atom. The summed E-state index contributed by atoms with van der Waals surface area (Å²) in [5.74, 6) is -0.0545. The minimum atomic E-state index is -0.149. The molecule has 4 heteroatoms. The Morgan fingerprint density at radius 2 is 1.58 bits per heavy atom. The molecule has 0 spiro atoms. The molecule has 0 bridgehead atoms. The Balaban J connectivity index is 2.34. The number of imide groups is 1. The molecule has 1 aromatic carbocycles. The molecule has 0 aromatic heterocycles. The van der Waals surface area contributed by atoms with Crippen molar-refractivity contribution >= 4 is 11.8 Å². The first-order valence-electron chi connectivity index (χ1n) is 6.58. The van der Waals surface area contributed by atoms with Gasteiger partial charge in [0.15, 0.2) is 0 Å². The molecular weight excluding hydrogens is 240 g/mol. The highest BCUT2D eigenvalue weighted by atomic mass is 16.2. The molecule has 0 fully saturated rings. The van der Waals surface area contributed by atoms with Crippen LogP contribution in [-0.4, -0.2) is 36.9 Å². The average molecular weight is 260 g/mol. The summed E-state index contributed by atoms with van der Waals surface area (Å²) >= 11 is 0. The number of hydrogen-bond acceptors (Lipinski definition) is 3. The molecule has 0 aliphatic carbocycles. The van der Waals surface area contributed by atoms with Crippen molar-refractivity contribution in [3.05, 3.63) is 34.4 Å². The standard InChI is InChI=1S/C15H20N2O2/c1-9(7-16-4)8-17-14(18)12-10(2)5-6-11(3)13(12)15(17)19/h5-6,9,16H,7-8H2,1-4H3. The van der Waals surface area contributed by atoms with Gasteiger partial charge in [0, 0.05) is 6.54 Å². The third-order valence-corrected chi connectivity index (χ3v) is 3.59. The van der Waals surface area contributed by atoms with Crippen molar-refractivity contribution in [2.24, 2.45) is 5.92 Å². The molecule has 102 valence electrons. The zero-order valence-electron chi connectivity index (χ0n) is 11.9. The van der Waals surface area contributed by atoms with Gasteiger partial charge in [-0.25, -0.2) is 0 Å². The molecule has 1 aliphatic rings. The molecule has 19 heavy (non-hydrogen) atoms. The van der Waals surface area contributed by atoms with Crippen molar-refractivity contribution < 1.29 is 9.59 Å². The molecule has 0 radical (unpaired) electrons. The predicted molar refractivity (Wildman–Crippen MR) is 74.4 cm³/mol. The smallest absolute Gasteiger partial charge is 0.261 e. The first-order chi connectivity index (χ1) is 8.97. The fraction of sp³-hybridized carbons (Fsp3) is 0.467. The number of nitrogens with zero attached hydrogens (tertiary/aromatic N) is 1. The van der Waals surface area contributed by atoms with E-state index >= 15 is 0 Å². The Hall–Kier alpha value is -1.68. The van der Waals surface area contributed by atoms with E-state index in [1.807, 2.05) is 40.0 Å². The summed E-state index contributed by atoms with van der Waals surface area (Å²) < 4.78 is 0. The second-order valence-corrected chi connectivity index (χ2v) is 5.33. The maximum atomic E-state index is 12.4. The number of fused-ring (bicyclic) bond motifs is 1. The van der Waals surface area contributed by atoms with Gasteiger partial charge < -0.3 is 5.32 Å². The quantitative estimate of drug-likeness (QED) is 0.839. The summed E-state index contributed by atoms with van der Waals surface area (Å²) in [5, 5.41) is 3.07. The molecule has 2 amide bonds. The lowest BCUT2D eigenvalue weighted by atomic mass is 9.99. The van der Waals surface area contributed by atoms with Crippen LogP contribution >= 0.6 is 0 Å². The second kappa shape index (κ2) is 5.13. The summed E-state index contributed by atoms with van der Waals surface area (Å²) in [5.41, 5.74) is 2.92. The molecule has 1 aromatic rings. The van der Waals surface area contributed by atoms with E-state index in [1.165, 1.54) is 4.90 Å². The number of nitrogens with one attached hydrogen (secondary N) is 1. The summed E-state index contributed by atoms with van der Waals surface area (Å²) in [6.07, 6.45) is 0. The molecule has 1 heterocycles. The lowest BCUT2D eigenvalue weighted by Crippen LogP contribution is -2.36. The van der Waals surface area contributed by atoms with Crippen LogP contribution in [0.15, 0.2) is 12.1 Å². The third kappa shape index (κ3) is 2.28. The van der Waals surface area contributed by atoms with Gasteiger partial charge in [-0.05, 0) is 44.5 Å². The van der Waals surface area contributed by atoms with Crippen LogP contribution in [-0.2, 0) is 0 Å². The molecule has 1 unspecified atom stereocenters. The Morgan fingerprint density at radius 1 is 1.11 bits per heavy atom. The van der Waals surface area contributed by atoms with Gasteiger partial charge >= 0.3 is 0 Å². The van der Waals surface area contributed by atoms with Crippen LogP contribution in [0, 0.1) is 19.8 Å². The van der Waals surface area contributed by atoms with Crippen molar-refractivity contribution in [3.63, 3.8) is 0 Å². The van der Waals surface area contributed by atoms with Gasteiger partial charge in [0.1, 0.15) is 0 Å². The van der Waals surface area contributed by atoms with Crippen molar-refractivity contribution in [1.82, 2.24) is 10.2 Å². The maximum absolute atomic E-state index is 12.4. The summed E-state index contributed by atoms with van der Waals surface area (Å²) in [4.78, 5) is 26.2. The van der Waals surface area contributed by atoms with Crippen molar-refractivity contribution in [2.75, 3.05) is 20.1 Å². The van der Waals surface area contributed by atoms with Crippen LogP contribution in [0.3, 0.4) is 0 Å². The van der Waals surface area contributed by atoms with Crippen LogP contribution in [0.4, 0.5) is 0 Å². The van der Waals surface area contributed by atoms with Gasteiger partial charge in [0.25, 0.3) is 11.8 Å². The largest absolute Gasteiger partial charge is 0.319 e. The summed E-state index contributed by atoms with van der Waals surface area (Å²) in [7, 11) is 1.87. The van der Waals surface area contributed by atoms with Crippen molar-refractivity contribution in [1.29, 1.82) is 0 Å². The second-order valence-electron chi connectivity index (χ2n) is 5.33. The van der Waals surface area contributed by atoms with Gasteiger partial charge in [-0.15, -0.1) is 0 Å². The van der Waals surface area contributed by atoms with E-state index in [4.69, 9.17) is 0 Å². The molecule has 1 atom stereocenters. The van der Waals surface area contributed by atoms with E-state index in [9.17, 15) is 9.59 Å². The highest BCUT2D eigenvalue weighted by Crippen LogP contribution is 2.29. The average Bonchev–Trinajstić information content (AvgIpc) is 2.60. The number of amides is 2. The zero-order valence-corrected chi connectivity index (χ0v) is 11.9. The first-order valence-corrected chi connectivity index (χ1v) is 6.58. The highest BCUT2D eigenvalue weighted by Gasteiger charge is 2.38. The zero-order chi connectivity index (χ0) is 14.2. The number of hydrogen-bond donors (Lipinski definition) is 1. The molecule has 0 saturated heterocycles.